The third kappa shape index (κ3) is 1.63. The molecule has 3 aromatic heterocycles. The van der Waals surface area contributed by atoms with Gasteiger partial charge >= 0.3 is 0 Å². The third-order valence-electron chi connectivity index (χ3n) is 2.45. The van der Waals surface area contributed by atoms with E-state index in [0.717, 1.165) is 11.7 Å². The van der Waals surface area contributed by atoms with Crippen molar-refractivity contribution >= 4 is 11.2 Å². The summed E-state index contributed by atoms with van der Waals surface area (Å²) in [5.41, 5.74) is 1.96. The molecule has 0 unspecified atom stereocenters. The summed E-state index contributed by atoms with van der Waals surface area (Å²) < 4.78 is 14.9. The second kappa shape index (κ2) is 3.58. The standard InChI is InChI=1S/C11H8FN5/c1-17-6-15-11-9(17)5-14-10(16-11)7-2-8(12)4-13-3-7/h2-6H,1H3. The zero-order valence-electron chi connectivity index (χ0n) is 9.00. The van der Waals surface area contributed by atoms with Crippen molar-refractivity contribution in [2.24, 2.45) is 7.05 Å². The molecule has 0 radical (unpaired) electrons. The lowest BCUT2D eigenvalue weighted by atomic mass is 10.2. The Kier molecular flexibility index (Phi) is 2.07. The maximum atomic E-state index is 13.0. The van der Waals surface area contributed by atoms with Crippen molar-refractivity contribution in [1.82, 2.24) is 24.5 Å². The van der Waals surface area contributed by atoms with E-state index in [1.807, 2.05) is 11.6 Å². The minimum Gasteiger partial charge on any atom is -0.331 e. The van der Waals surface area contributed by atoms with Crippen molar-refractivity contribution in [3.05, 3.63) is 36.8 Å². The van der Waals surface area contributed by atoms with Crippen LogP contribution in [0.15, 0.2) is 31.0 Å². The summed E-state index contributed by atoms with van der Waals surface area (Å²) in [4.78, 5) is 16.3. The molecule has 0 N–H and O–H groups in total. The highest BCUT2D eigenvalue weighted by atomic mass is 19.1. The number of hydrogen-bond acceptors (Lipinski definition) is 4. The van der Waals surface area contributed by atoms with Crippen LogP contribution in [0.25, 0.3) is 22.6 Å². The molecule has 3 aromatic rings. The number of halogens is 1. The van der Waals surface area contributed by atoms with Gasteiger partial charge in [0, 0.05) is 18.8 Å². The molecule has 0 bridgehead atoms. The van der Waals surface area contributed by atoms with Gasteiger partial charge in [-0.05, 0) is 6.07 Å². The number of pyridine rings is 1. The summed E-state index contributed by atoms with van der Waals surface area (Å²) in [6.07, 6.45) is 5.98. The van der Waals surface area contributed by atoms with Gasteiger partial charge in [0.1, 0.15) is 11.3 Å². The fraction of sp³-hybridized carbons (Fsp3) is 0.0909. The number of nitrogens with zero attached hydrogens (tertiary/aromatic N) is 5. The van der Waals surface area contributed by atoms with E-state index in [1.165, 1.54) is 12.3 Å². The van der Waals surface area contributed by atoms with Crippen LogP contribution < -0.4 is 0 Å². The minimum atomic E-state index is -0.410. The average molecular weight is 229 g/mol. The zero-order chi connectivity index (χ0) is 11.8. The summed E-state index contributed by atoms with van der Waals surface area (Å²) in [6.45, 7) is 0. The Morgan fingerprint density at radius 1 is 1.18 bits per heavy atom. The van der Waals surface area contributed by atoms with Gasteiger partial charge in [0.2, 0.25) is 0 Å². The lowest BCUT2D eigenvalue weighted by molar-refractivity contribution is 0.622. The maximum Gasteiger partial charge on any atom is 0.181 e. The number of imidazole rings is 1. The molecule has 0 aliphatic heterocycles. The van der Waals surface area contributed by atoms with Crippen molar-refractivity contribution in [2.45, 2.75) is 0 Å². The molecule has 0 amide bonds. The van der Waals surface area contributed by atoms with Gasteiger partial charge < -0.3 is 4.57 Å². The second-order valence-corrected chi connectivity index (χ2v) is 3.65. The molecule has 0 aliphatic carbocycles. The first kappa shape index (κ1) is 9.83. The van der Waals surface area contributed by atoms with Crippen LogP contribution >= 0.6 is 0 Å². The highest BCUT2D eigenvalue weighted by molar-refractivity contribution is 5.72. The van der Waals surface area contributed by atoms with Crippen molar-refractivity contribution < 1.29 is 4.39 Å². The molecular weight excluding hydrogens is 221 g/mol. The first-order valence-electron chi connectivity index (χ1n) is 4.99. The van der Waals surface area contributed by atoms with Crippen LogP contribution in [0.5, 0.6) is 0 Å². The first-order valence-corrected chi connectivity index (χ1v) is 4.99. The lowest BCUT2D eigenvalue weighted by Gasteiger charge is -1.99. The number of rotatable bonds is 1. The average Bonchev–Trinajstić information content (AvgIpc) is 2.71. The van der Waals surface area contributed by atoms with Crippen LogP contribution in [0.1, 0.15) is 0 Å². The number of aromatic nitrogens is 5. The van der Waals surface area contributed by atoms with Gasteiger partial charge in [-0.25, -0.2) is 19.3 Å². The summed E-state index contributed by atoms with van der Waals surface area (Å²) in [7, 11) is 1.86. The molecule has 84 valence electrons. The number of hydrogen-bond donors (Lipinski definition) is 0. The molecule has 0 atom stereocenters. The van der Waals surface area contributed by atoms with Gasteiger partial charge in [-0.1, -0.05) is 0 Å². The first-order chi connectivity index (χ1) is 8.24. The normalized spacial score (nSPS) is 10.9. The Bertz CT molecular complexity index is 691. The lowest BCUT2D eigenvalue weighted by Crippen LogP contribution is -1.92. The fourth-order valence-corrected chi connectivity index (χ4v) is 1.59. The predicted molar refractivity (Wildman–Crippen MR) is 59.5 cm³/mol. The SMILES string of the molecule is Cn1cnc2nc(-c3cncc(F)c3)ncc21. The van der Waals surface area contributed by atoms with Gasteiger partial charge in [-0.15, -0.1) is 0 Å². The Labute approximate surface area is 96.0 Å². The van der Waals surface area contributed by atoms with Gasteiger partial charge in [-0.3, -0.25) is 4.98 Å². The molecule has 0 saturated heterocycles. The van der Waals surface area contributed by atoms with Crippen molar-refractivity contribution in [3.63, 3.8) is 0 Å². The van der Waals surface area contributed by atoms with Gasteiger partial charge in [0.25, 0.3) is 0 Å². The monoisotopic (exact) mass is 229 g/mol. The molecular formula is C11H8FN5. The molecule has 17 heavy (non-hydrogen) atoms. The molecule has 0 spiro atoms. The number of aryl methyl sites for hydroxylation is 1. The van der Waals surface area contributed by atoms with Gasteiger partial charge in [0.05, 0.1) is 18.7 Å². The van der Waals surface area contributed by atoms with Crippen LogP contribution in [0.2, 0.25) is 0 Å². The smallest absolute Gasteiger partial charge is 0.181 e. The van der Waals surface area contributed by atoms with Crippen LogP contribution in [0.4, 0.5) is 4.39 Å². The molecule has 0 aliphatic rings. The molecule has 0 aromatic carbocycles. The van der Waals surface area contributed by atoms with Gasteiger partial charge in [-0.2, -0.15) is 0 Å². The second-order valence-electron chi connectivity index (χ2n) is 3.65. The third-order valence-corrected chi connectivity index (χ3v) is 2.45. The van der Waals surface area contributed by atoms with Crippen molar-refractivity contribution in [1.29, 1.82) is 0 Å². The van der Waals surface area contributed by atoms with Crippen molar-refractivity contribution in [3.8, 4) is 11.4 Å². The molecule has 5 nitrogen and oxygen atoms in total. The minimum absolute atomic E-state index is 0.410. The Morgan fingerprint density at radius 3 is 2.88 bits per heavy atom. The summed E-state index contributed by atoms with van der Waals surface area (Å²) in [6, 6.07) is 1.34. The molecule has 3 heterocycles. The zero-order valence-corrected chi connectivity index (χ0v) is 9.00. The van der Waals surface area contributed by atoms with Gasteiger partial charge in [0.15, 0.2) is 11.5 Å². The maximum absolute atomic E-state index is 13.0. The largest absolute Gasteiger partial charge is 0.331 e. The fourth-order valence-electron chi connectivity index (χ4n) is 1.59. The van der Waals surface area contributed by atoms with E-state index in [1.54, 1.807) is 12.5 Å². The van der Waals surface area contributed by atoms with Crippen LogP contribution in [0.3, 0.4) is 0 Å². The van der Waals surface area contributed by atoms with Crippen LogP contribution in [-0.4, -0.2) is 24.5 Å². The molecule has 6 heteroatoms. The van der Waals surface area contributed by atoms with E-state index < -0.39 is 5.82 Å². The van der Waals surface area contributed by atoms with Crippen LogP contribution in [0, 0.1) is 5.82 Å². The van der Waals surface area contributed by atoms with E-state index in [9.17, 15) is 4.39 Å². The van der Waals surface area contributed by atoms with E-state index in [4.69, 9.17) is 0 Å². The highest BCUT2D eigenvalue weighted by Gasteiger charge is 2.07. The predicted octanol–water partition coefficient (Wildman–Crippen LogP) is 1.56. The Balaban J connectivity index is 2.18. The highest BCUT2D eigenvalue weighted by Crippen LogP contribution is 2.16. The molecule has 3 rings (SSSR count). The topological polar surface area (TPSA) is 56.5 Å². The quantitative estimate of drug-likeness (QED) is 0.635. The Morgan fingerprint density at radius 2 is 2.06 bits per heavy atom. The van der Waals surface area contributed by atoms with E-state index >= 15 is 0 Å². The van der Waals surface area contributed by atoms with E-state index in [2.05, 4.69) is 19.9 Å². The summed E-state index contributed by atoms with van der Waals surface area (Å²) in [5.74, 6) is 0.00965. The Hall–Kier alpha value is -2.37. The number of fused-ring (bicyclic) bond motifs is 1. The molecule has 0 fully saturated rings. The van der Waals surface area contributed by atoms with Crippen LogP contribution in [-0.2, 0) is 7.05 Å². The van der Waals surface area contributed by atoms with Crippen molar-refractivity contribution in [2.75, 3.05) is 0 Å². The van der Waals surface area contributed by atoms with E-state index in [-0.39, 0.29) is 0 Å². The summed E-state index contributed by atoms with van der Waals surface area (Å²) >= 11 is 0. The summed E-state index contributed by atoms with van der Waals surface area (Å²) in [5, 5.41) is 0. The van der Waals surface area contributed by atoms with E-state index in [0.29, 0.717) is 17.0 Å². The molecule has 0 saturated carbocycles.